The normalized spacial score (nSPS) is 25.0. The second-order valence-electron chi connectivity index (χ2n) is 9.16. The minimum Gasteiger partial charge on any atom is -0.497 e. The first-order valence-corrected chi connectivity index (χ1v) is 11.8. The molecule has 3 heterocycles. The van der Waals surface area contributed by atoms with E-state index < -0.39 is 0 Å². The molecule has 3 aliphatic rings. The highest BCUT2D eigenvalue weighted by molar-refractivity contribution is 5.88. The predicted molar refractivity (Wildman–Crippen MR) is 127 cm³/mol. The molecule has 0 radical (unpaired) electrons. The summed E-state index contributed by atoms with van der Waals surface area (Å²) in [6.07, 6.45) is 0. The molecular weight excluding hydrogens is 434 g/mol. The molecule has 1 N–H and O–H groups in total. The Morgan fingerprint density at radius 1 is 1.12 bits per heavy atom. The molecule has 34 heavy (non-hydrogen) atoms. The molecule has 0 unspecified atom stereocenters. The van der Waals surface area contributed by atoms with Crippen molar-refractivity contribution in [2.75, 3.05) is 59.7 Å². The number of rotatable bonds is 6. The van der Waals surface area contributed by atoms with Crippen LogP contribution < -0.4 is 4.74 Å². The third kappa shape index (κ3) is 4.29. The van der Waals surface area contributed by atoms with Gasteiger partial charge in [0.15, 0.2) is 0 Å². The fourth-order valence-electron chi connectivity index (χ4n) is 5.44. The van der Waals surface area contributed by atoms with Crippen molar-refractivity contribution in [2.24, 2.45) is 0 Å². The monoisotopic (exact) mass is 465 g/mol. The molecule has 3 atom stereocenters. The van der Waals surface area contributed by atoms with Gasteiger partial charge in [-0.3, -0.25) is 14.5 Å². The molecular formula is C26H31N3O5. The van der Waals surface area contributed by atoms with E-state index in [9.17, 15) is 14.7 Å². The molecule has 5 rings (SSSR count). The number of fused-ring (bicyclic) bond motifs is 1. The van der Waals surface area contributed by atoms with Gasteiger partial charge in [-0.25, -0.2) is 0 Å². The third-order valence-corrected chi connectivity index (χ3v) is 7.27. The van der Waals surface area contributed by atoms with Crippen molar-refractivity contribution in [3.8, 4) is 16.9 Å². The number of benzene rings is 2. The first-order valence-electron chi connectivity index (χ1n) is 11.8. The molecule has 0 spiro atoms. The summed E-state index contributed by atoms with van der Waals surface area (Å²) in [4.78, 5) is 31.4. The van der Waals surface area contributed by atoms with Crippen LogP contribution in [0.1, 0.15) is 11.5 Å². The Morgan fingerprint density at radius 3 is 2.59 bits per heavy atom. The number of methoxy groups -OCH3 is 1. The van der Waals surface area contributed by atoms with E-state index in [1.807, 2.05) is 24.3 Å². The maximum absolute atomic E-state index is 12.9. The molecule has 3 fully saturated rings. The van der Waals surface area contributed by atoms with Crippen LogP contribution in [0.4, 0.5) is 0 Å². The van der Waals surface area contributed by atoms with Gasteiger partial charge in [-0.15, -0.1) is 0 Å². The fraction of sp³-hybridized carbons (Fsp3) is 0.462. The van der Waals surface area contributed by atoms with Gasteiger partial charge < -0.3 is 24.4 Å². The molecule has 8 nitrogen and oxygen atoms in total. The summed E-state index contributed by atoms with van der Waals surface area (Å²) in [5.74, 6) is 0.691. The quantitative estimate of drug-likeness (QED) is 0.690. The van der Waals surface area contributed by atoms with Crippen LogP contribution in [0.15, 0.2) is 48.5 Å². The van der Waals surface area contributed by atoms with Gasteiger partial charge >= 0.3 is 0 Å². The lowest BCUT2D eigenvalue weighted by Gasteiger charge is -2.58. The van der Waals surface area contributed by atoms with Crippen molar-refractivity contribution in [3.63, 3.8) is 0 Å². The maximum Gasteiger partial charge on any atom is 0.242 e. The summed E-state index contributed by atoms with van der Waals surface area (Å²) in [6, 6.07) is 15.8. The van der Waals surface area contributed by atoms with Crippen LogP contribution in [0.2, 0.25) is 0 Å². The van der Waals surface area contributed by atoms with Gasteiger partial charge in [0.25, 0.3) is 0 Å². The molecule has 8 heteroatoms. The number of hydrogen-bond acceptors (Lipinski definition) is 6. The largest absolute Gasteiger partial charge is 0.497 e. The van der Waals surface area contributed by atoms with Crippen molar-refractivity contribution in [1.82, 2.24) is 14.7 Å². The zero-order valence-electron chi connectivity index (χ0n) is 19.4. The lowest BCUT2D eigenvalue weighted by atomic mass is 9.73. The Kier molecular flexibility index (Phi) is 6.54. The summed E-state index contributed by atoms with van der Waals surface area (Å²) in [5.41, 5.74) is 3.20. The van der Waals surface area contributed by atoms with Crippen LogP contribution in [0.5, 0.6) is 5.75 Å². The molecule has 0 aromatic heterocycles. The second kappa shape index (κ2) is 9.74. The Bertz CT molecular complexity index is 1040. The summed E-state index contributed by atoms with van der Waals surface area (Å²) in [6.45, 7) is 3.53. The standard InChI is InChI=1S/C26H31N3O5/c1-33-21-4-2-3-20(13-21)18-5-7-19(8-6-18)26-22-14-28(16-25(32)29(22)23(26)17-30)24(31)15-27-9-11-34-12-10-27/h2-8,13,22-23,26,30H,9-12,14-17H2,1H3/t22-,23-,26+/m1/s1. The number of carbonyl (C=O) groups excluding carboxylic acids is 2. The maximum atomic E-state index is 12.9. The number of morpholine rings is 1. The predicted octanol–water partition coefficient (Wildman–Crippen LogP) is 1.19. The Labute approximate surface area is 199 Å². The highest BCUT2D eigenvalue weighted by Gasteiger charge is 2.54. The molecule has 3 aliphatic heterocycles. The van der Waals surface area contributed by atoms with Crippen LogP contribution in [0, 0.1) is 0 Å². The Morgan fingerprint density at radius 2 is 1.88 bits per heavy atom. The Balaban J connectivity index is 1.31. The minimum atomic E-state index is -0.253. The zero-order chi connectivity index (χ0) is 23.7. The lowest BCUT2D eigenvalue weighted by Crippen LogP contribution is -2.73. The first-order chi connectivity index (χ1) is 16.6. The number of aliphatic hydroxyl groups excluding tert-OH is 1. The second-order valence-corrected chi connectivity index (χ2v) is 9.16. The fourth-order valence-corrected chi connectivity index (χ4v) is 5.44. The minimum absolute atomic E-state index is 0.00713. The van der Waals surface area contributed by atoms with Gasteiger partial charge in [0.2, 0.25) is 11.8 Å². The third-order valence-electron chi connectivity index (χ3n) is 7.27. The van der Waals surface area contributed by atoms with Gasteiger partial charge in [-0.05, 0) is 28.8 Å². The van der Waals surface area contributed by atoms with Crippen LogP contribution in [0.25, 0.3) is 11.1 Å². The van der Waals surface area contributed by atoms with Crippen molar-refractivity contribution in [3.05, 3.63) is 54.1 Å². The number of hydrogen-bond donors (Lipinski definition) is 1. The Hall–Kier alpha value is -2.94. The SMILES string of the molecule is COc1cccc(-c2ccc([C@@H]3[C@@H](CO)N4C(=O)CN(C(=O)CN5CCOCC5)C[C@H]34)cc2)c1. The van der Waals surface area contributed by atoms with Crippen molar-refractivity contribution in [1.29, 1.82) is 0 Å². The number of aliphatic hydroxyl groups is 1. The van der Waals surface area contributed by atoms with Gasteiger partial charge in [-0.2, -0.15) is 0 Å². The molecule has 180 valence electrons. The highest BCUT2D eigenvalue weighted by atomic mass is 16.5. The topological polar surface area (TPSA) is 82.6 Å². The van der Waals surface area contributed by atoms with Gasteiger partial charge in [0, 0.05) is 25.6 Å². The van der Waals surface area contributed by atoms with Crippen LogP contribution >= 0.6 is 0 Å². The van der Waals surface area contributed by atoms with Gasteiger partial charge in [-0.1, -0.05) is 36.4 Å². The summed E-state index contributed by atoms with van der Waals surface area (Å²) >= 11 is 0. The van der Waals surface area contributed by atoms with Gasteiger partial charge in [0.1, 0.15) is 5.75 Å². The molecule has 0 saturated carbocycles. The summed E-state index contributed by atoms with van der Waals surface area (Å²) in [7, 11) is 1.65. The van der Waals surface area contributed by atoms with E-state index in [1.165, 1.54) is 0 Å². The zero-order valence-corrected chi connectivity index (χ0v) is 19.4. The van der Waals surface area contributed by atoms with Crippen LogP contribution in [-0.4, -0.2) is 103 Å². The van der Waals surface area contributed by atoms with E-state index in [0.29, 0.717) is 26.3 Å². The smallest absolute Gasteiger partial charge is 0.242 e. The van der Waals surface area contributed by atoms with E-state index in [4.69, 9.17) is 9.47 Å². The van der Waals surface area contributed by atoms with E-state index in [2.05, 4.69) is 29.2 Å². The lowest BCUT2D eigenvalue weighted by molar-refractivity contribution is -0.167. The molecule has 3 saturated heterocycles. The number of ether oxygens (including phenoxy) is 2. The van der Waals surface area contributed by atoms with Crippen molar-refractivity contribution in [2.45, 2.75) is 18.0 Å². The summed E-state index contributed by atoms with van der Waals surface area (Å²) < 4.78 is 10.7. The number of amides is 2. The number of nitrogens with zero attached hydrogens (tertiary/aromatic N) is 3. The number of carbonyl (C=O) groups is 2. The van der Waals surface area contributed by atoms with Crippen molar-refractivity contribution >= 4 is 11.8 Å². The summed E-state index contributed by atoms with van der Waals surface area (Å²) in [5, 5.41) is 10.0. The van der Waals surface area contributed by atoms with E-state index in [1.54, 1.807) is 16.9 Å². The average molecular weight is 466 g/mol. The number of piperazine rings is 1. The first kappa shape index (κ1) is 22.8. The molecule has 2 aromatic rings. The van der Waals surface area contributed by atoms with Crippen molar-refractivity contribution < 1.29 is 24.2 Å². The molecule has 2 amide bonds. The van der Waals surface area contributed by atoms with E-state index in [-0.39, 0.29) is 43.0 Å². The van der Waals surface area contributed by atoms with Gasteiger partial charge in [0.05, 0.1) is 52.1 Å². The van der Waals surface area contributed by atoms with Crippen LogP contribution in [-0.2, 0) is 14.3 Å². The average Bonchev–Trinajstić information content (AvgIpc) is 2.86. The molecule has 0 aliphatic carbocycles. The van der Waals surface area contributed by atoms with Crippen LogP contribution in [0.3, 0.4) is 0 Å². The van der Waals surface area contributed by atoms with E-state index in [0.717, 1.165) is 35.5 Å². The highest BCUT2D eigenvalue weighted by Crippen LogP contribution is 2.43. The van der Waals surface area contributed by atoms with E-state index >= 15 is 0 Å². The molecule has 0 bridgehead atoms. The molecule has 2 aromatic carbocycles.